The van der Waals surface area contributed by atoms with E-state index >= 15 is 0 Å². The van der Waals surface area contributed by atoms with Crippen molar-refractivity contribution in [1.29, 1.82) is 0 Å². The zero-order valence-electron chi connectivity index (χ0n) is 14.0. The number of aryl methyl sites for hydroxylation is 1. The maximum absolute atomic E-state index is 8.92. The van der Waals surface area contributed by atoms with E-state index in [9.17, 15) is 0 Å². The molecule has 0 atom stereocenters. The van der Waals surface area contributed by atoms with Crippen LogP contribution in [-0.2, 0) is 6.42 Å². The summed E-state index contributed by atoms with van der Waals surface area (Å²) in [6.45, 7) is 10.1. The standard InChI is InChI=1S/C9H12O.C6H6O.2C2H6/c1-2-3-8-4-6-9(10)7-5-8;7-6-4-2-1-3-5-6;2*1-2/h4-7,10H,2-3H2,1H3;1-5,7H;2*1-2H3. The number of phenolic OH excluding ortho intramolecular Hbond substituents is 2. The van der Waals surface area contributed by atoms with Crippen molar-refractivity contribution < 1.29 is 10.2 Å². The fraction of sp³-hybridized carbons (Fsp3) is 0.368. The fourth-order valence-electron chi connectivity index (χ4n) is 1.38. The molecule has 0 fully saturated rings. The molecule has 0 bridgehead atoms. The normalized spacial score (nSPS) is 8.05. The average Bonchev–Trinajstić information content (AvgIpc) is 2.55. The van der Waals surface area contributed by atoms with Gasteiger partial charge in [0.25, 0.3) is 0 Å². The maximum atomic E-state index is 8.92. The molecule has 0 unspecified atom stereocenters. The molecule has 118 valence electrons. The van der Waals surface area contributed by atoms with Gasteiger partial charge in [-0.25, -0.2) is 0 Å². The fourth-order valence-corrected chi connectivity index (χ4v) is 1.38. The van der Waals surface area contributed by atoms with Gasteiger partial charge < -0.3 is 10.2 Å². The highest BCUT2D eigenvalue weighted by atomic mass is 16.3. The summed E-state index contributed by atoms with van der Waals surface area (Å²) in [7, 11) is 0. The van der Waals surface area contributed by atoms with Crippen molar-refractivity contribution in [3.63, 3.8) is 0 Å². The number of para-hydroxylation sites is 1. The monoisotopic (exact) mass is 290 g/mol. The van der Waals surface area contributed by atoms with E-state index in [0.717, 1.165) is 12.8 Å². The minimum absolute atomic E-state index is 0.322. The zero-order chi connectivity index (χ0) is 16.5. The van der Waals surface area contributed by atoms with Gasteiger partial charge in [-0.1, -0.05) is 71.4 Å². The van der Waals surface area contributed by atoms with Gasteiger partial charge in [-0.15, -0.1) is 0 Å². The molecule has 2 aromatic rings. The van der Waals surface area contributed by atoms with Crippen LogP contribution in [0.3, 0.4) is 0 Å². The van der Waals surface area contributed by atoms with E-state index in [0.29, 0.717) is 11.5 Å². The number of benzene rings is 2. The third-order valence-electron chi connectivity index (χ3n) is 2.23. The van der Waals surface area contributed by atoms with Crippen LogP contribution in [0.15, 0.2) is 54.6 Å². The molecular weight excluding hydrogens is 260 g/mol. The largest absolute Gasteiger partial charge is 0.508 e. The molecular formula is C19H30O2. The Hall–Kier alpha value is -1.96. The van der Waals surface area contributed by atoms with Crippen LogP contribution in [0.5, 0.6) is 11.5 Å². The minimum atomic E-state index is 0.322. The highest BCUT2D eigenvalue weighted by Crippen LogP contribution is 2.10. The highest BCUT2D eigenvalue weighted by molar-refractivity contribution is 5.25. The highest BCUT2D eigenvalue weighted by Gasteiger charge is 1.89. The summed E-state index contributed by atoms with van der Waals surface area (Å²) in [5.41, 5.74) is 1.29. The van der Waals surface area contributed by atoms with Crippen molar-refractivity contribution in [3.05, 3.63) is 60.2 Å². The molecule has 0 aliphatic carbocycles. The smallest absolute Gasteiger partial charge is 0.115 e. The summed E-state index contributed by atoms with van der Waals surface area (Å²) in [6.07, 6.45) is 2.26. The molecule has 0 aromatic heterocycles. The average molecular weight is 290 g/mol. The van der Waals surface area contributed by atoms with E-state index in [-0.39, 0.29) is 0 Å². The van der Waals surface area contributed by atoms with E-state index in [4.69, 9.17) is 10.2 Å². The van der Waals surface area contributed by atoms with E-state index in [1.165, 1.54) is 5.56 Å². The Morgan fingerprint density at radius 2 is 1.10 bits per heavy atom. The Bertz CT molecular complexity index is 407. The number of phenols is 2. The molecule has 2 heteroatoms. The lowest BCUT2D eigenvalue weighted by Crippen LogP contribution is -1.79. The Morgan fingerprint density at radius 1 is 0.667 bits per heavy atom. The van der Waals surface area contributed by atoms with Gasteiger partial charge in [-0.3, -0.25) is 0 Å². The molecule has 2 N–H and O–H groups in total. The van der Waals surface area contributed by atoms with Crippen molar-refractivity contribution in [2.24, 2.45) is 0 Å². The predicted molar refractivity (Wildman–Crippen MR) is 92.9 cm³/mol. The molecule has 0 radical (unpaired) electrons. The van der Waals surface area contributed by atoms with E-state index in [1.54, 1.807) is 36.4 Å². The third kappa shape index (κ3) is 12.8. The molecule has 0 spiro atoms. The van der Waals surface area contributed by atoms with Gasteiger partial charge in [0.05, 0.1) is 0 Å². The van der Waals surface area contributed by atoms with Crippen LogP contribution >= 0.6 is 0 Å². The van der Waals surface area contributed by atoms with E-state index in [1.807, 2.05) is 45.9 Å². The molecule has 2 rings (SSSR count). The second kappa shape index (κ2) is 16.1. The first-order chi connectivity index (χ1) is 10.2. The molecule has 2 aromatic carbocycles. The Labute approximate surface area is 130 Å². The molecule has 0 heterocycles. The SMILES string of the molecule is CC.CC.CCCc1ccc(O)cc1.Oc1ccccc1. The van der Waals surface area contributed by atoms with Crippen LogP contribution < -0.4 is 0 Å². The van der Waals surface area contributed by atoms with Gasteiger partial charge in [0.15, 0.2) is 0 Å². The number of aromatic hydroxyl groups is 2. The lowest BCUT2D eigenvalue weighted by molar-refractivity contribution is 0.474. The lowest BCUT2D eigenvalue weighted by atomic mass is 10.1. The van der Waals surface area contributed by atoms with Gasteiger partial charge in [-0.2, -0.15) is 0 Å². The van der Waals surface area contributed by atoms with Crippen LogP contribution in [0.4, 0.5) is 0 Å². The second-order valence-electron chi connectivity index (χ2n) is 3.75. The van der Waals surface area contributed by atoms with Gasteiger partial charge >= 0.3 is 0 Å². The van der Waals surface area contributed by atoms with Crippen molar-refractivity contribution in [2.75, 3.05) is 0 Å². The Morgan fingerprint density at radius 3 is 1.43 bits per heavy atom. The molecule has 0 aliphatic heterocycles. The molecule has 0 amide bonds. The lowest BCUT2D eigenvalue weighted by Gasteiger charge is -1.96. The van der Waals surface area contributed by atoms with Crippen LogP contribution in [0, 0.1) is 0 Å². The van der Waals surface area contributed by atoms with Crippen LogP contribution in [0.2, 0.25) is 0 Å². The van der Waals surface area contributed by atoms with Crippen molar-refractivity contribution >= 4 is 0 Å². The quantitative estimate of drug-likeness (QED) is 0.735. The number of hydrogen-bond donors (Lipinski definition) is 2. The van der Waals surface area contributed by atoms with Crippen molar-refractivity contribution in [1.82, 2.24) is 0 Å². The van der Waals surface area contributed by atoms with Gasteiger partial charge in [0.1, 0.15) is 11.5 Å². The Kier molecular flexibility index (Phi) is 16.4. The van der Waals surface area contributed by atoms with Crippen molar-refractivity contribution in [3.8, 4) is 11.5 Å². The molecule has 2 nitrogen and oxygen atoms in total. The number of hydrogen-bond acceptors (Lipinski definition) is 2. The summed E-state index contributed by atoms with van der Waals surface area (Å²) >= 11 is 0. The summed E-state index contributed by atoms with van der Waals surface area (Å²) in [5, 5.41) is 17.6. The summed E-state index contributed by atoms with van der Waals surface area (Å²) in [6, 6.07) is 16.1. The summed E-state index contributed by atoms with van der Waals surface area (Å²) in [4.78, 5) is 0. The third-order valence-corrected chi connectivity index (χ3v) is 2.23. The first kappa shape index (κ1) is 21.3. The second-order valence-corrected chi connectivity index (χ2v) is 3.75. The van der Waals surface area contributed by atoms with E-state index < -0.39 is 0 Å². The van der Waals surface area contributed by atoms with Gasteiger partial charge in [0.2, 0.25) is 0 Å². The Balaban J connectivity index is 0. The first-order valence-electron chi connectivity index (χ1n) is 7.74. The summed E-state index contributed by atoms with van der Waals surface area (Å²) in [5.74, 6) is 0.669. The van der Waals surface area contributed by atoms with Gasteiger partial charge in [0, 0.05) is 0 Å². The maximum Gasteiger partial charge on any atom is 0.115 e. The predicted octanol–water partition coefficient (Wildman–Crippen LogP) is 5.79. The first-order valence-corrected chi connectivity index (χ1v) is 7.74. The molecule has 0 saturated heterocycles. The molecule has 0 saturated carbocycles. The van der Waals surface area contributed by atoms with Gasteiger partial charge in [-0.05, 0) is 36.2 Å². The number of rotatable bonds is 2. The zero-order valence-corrected chi connectivity index (χ0v) is 14.0. The molecule has 0 aliphatic rings. The van der Waals surface area contributed by atoms with Crippen LogP contribution in [-0.4, -0.2) is 10.2 Å². The van der Waals surface area contributed by atoms with E-state index in [2.05, 4.69) is 6.92 Å². The van der Waals surface area contributed by atoms with Crippen LogP contribution in [0.1, 0.15) is 46.6 Å². The molecule has 21 heavy (non-hydrogen) atoms. The van der Waals surface area contributed by atoms with Crippen molar-refractivity contribution in [2.45, 2.75) is 47.5 Å². The minimum Gasteiger partial charge on any atom is -0.508 e. The topological polar surface area (TPSA) is 40.5 Å². The van der Waals surface area contributed by atoms with Crippen LogP contribution in [0.25, 0.3) is 0 Å². The summed E-state index contributed by atoms with van der Waals surface area (Å²) < 4.78 is 0.